The van der Waals surface area contributed by atoms with Crippen LogP contribution >= 0.6 is 23.1 Å². The average molecular weight is 310 g/mol. The van der Waals surface area contributed by atoms with E-state index in [1.165, 1.54) is 4.70 Å². The number of aromatic nitrogens is 1. The Morgan fingerprint density at radius 3 is 2.90 bits per heavy atom. The zero-order chi connectivity index (χ0) is 14.6. The smallest absolute Gasteiger partial charge is 0.323 e. The summed E-state index contributed by atoms with van der Waals surface area (Å²) in [6, 6.07) is 8.08. The Bertz CT molecular complexity index is 567. The molecule has 108 valence electrons. The topological polar surface area (TPSA) is 62.2 Å². The van der Waals surface area contributed by atoms with Crippen molar-refractivity contribution >= 4 is 39.3 Å². The van der Waals surface area contributed by atoms with Gasteiger partial charge in [-0.15, -0.1) is 11.3 Å². The first kappa shape index (κ1) is 15.3. The van der Waals surface area contributed by atoms with E-state index in [0.29, 0.717) is 6.42 Å². The molecule has 0 fully saturated rings. The molecule has 0 saturated heterocycles. The zero-order valence-electron chi connectivity index (χ0n) is 11.5. The molecule has 4 nitrogen and oxygen atoms in total. The minimum atomic E-state index is -0.839. The predicted octanol–water partition coefficient (Wildman–Crippen LogP) is 3.23. The van der Waals surface area contributed by atoms with Gasteiger partial charge in [-0.2, -0.15) is 0 Å². The number of carbonyl (C=O) groups is 1. The number of nitrogens with one attached hydrogen (secondary N) is 1. The molecule has 0 saturated carbocycles. The minimum absolute atomic E-state index is 0.608. The molecular formula is C14H18N2O2S2. The Morgan fingerprint density at radius 2 is 2.25 bits per heavy atom. The highest BCUT2D eigenvalue weighted by molar-refractivity contribution is 8.01. The van der Waals surface area contributed by atoms with E-state index in [1.54, 1.807) is 37.1 Å². The third-order valence-corrected chi connectivity index (χ3v) is 5.61. The van der Waals surface area contributed by atoms with Crippen molar-refractivity contribution < 1.29 is 9.90 Å². The first-order chi connectivity index (χ1) is 9.55. The molecule has 2 aromatic rings. The summed E-state index contributed by atoms with van der Waals surface area (Å²) in [4.78, 5) is 15.7. The third kappa shape index (κ3) is 3.50. The van der Waals surface area contributed by atoms with Gasteiger partial charge in [0, 0.05) is 5.75 Å². The number of nitrogens with zero attached hydrogens (tertiary/aromatic N) is 1. The van der Waals surface area contributed by atoms with E-state index in [1.807, 2.05) is 18.2 Å². The highest BCUT2D eigenvalue weighted by Crippen LogP contribution is 2.30. The second-order valence-electron chi connectivity index (χ2n) is 4.79. The van der Waals surface area contributed by atoms with Crippen molar-refractivity contribution in [2.75, 3.05) is 12.8 Å². The fourth-order valence-corrected chi connectivity index (χ4v) is 3.92. The number of fused-ring (bicyclic) bond motifs is 1. The van der Waals surface area contributed by atoms with Gasteiger partial charge in [-0.3, -0.25) is 4.79 Å². The van der Waals surface area contributed by atoms with E-state index in [9.17, 15) is 4.79 Å². The minimum Gasteiger partial charge on any atom is -0.480 e. The molecule has 0 amide bonds. The van der Waals surface area contributed by atoms with E-state index < -0.39 is 11.5 Å². The lowest BCUT2D eigenvalue weighted by Gasteiger charge is -2.23. The second kappa shape index (κ2) is 6.56. The number of likely N-dealkylation sites (N-methyl/N-ethyl adjacent to an activating group) is 1. The van der Waals surface area contributed by atoms with Crippen molar-refractivity contribution in [3.8, 4) is 0 Å². The van der Waals surface area contributed by atoms with E-state index in [-0.39, 0.29) is 0 Å². The lowest BCUT2D eigenvalue weighted by Crippen LogP contribution is -2.47. The number of para-hydroxylation sites is 1. The molecule has 2 N–H and O–H groups in total. The van der Waals surface area contributed by atoms with Crippen LogP contribution < -0.4 is 5.32 Å². The van der Waals surface area contributed by atoms with Crippen LogP contribution in [-0.4, -0.2) is 34.4 Å². The zero-order valence-corrected chi connectivity index (χ0v) is 13.2. The molecule has 1 atom stereocenters. The van der Waals surface area contributed by atoms with E-state index in [2.05, 4.69) is 16.4 Å². The fourth-order valence-electron chi connectivity index (χ4n) is 1.84. The molecule has 0 radical (unpaired) electrons. The van der Waals surface area contributed by atoms with E-state index >= 15 is 0 Å². The third-order valence-electron chi connectivity index (χ3n) is 3.34. The molecule has 0 bridgehead atoms. The van der Waals surface area contributed by atoms with Crippen LogP contribution in [0, 0.1) is 0 Å². The number of rotatable bonds is 7. The Labute approximate surface area is 126 Å². The van der Waals surface area contributed by atoms with Crippen molar-refractivity contribution in [1.29, 1.82) is 0 Å². The Kier molecular flexibility index (Phi) is 5.01. The summed E-state index contributed by atoms with van der Waals surface area (Å²) in [7, 11) is 1.69. The Balaban J connectivity index is 1.85. The van der Waals surface area contributed by atoms with Gasteiger partial charge in [-0.05, 0) is 38.9 Å². The Hall–Kier alpha value is -1.11. The van der Waals surface area contributed by atoms with Crippen molar-refractivity contribution in [1.82, 2.24) is 10.3 Å². The lowest BCUT2D eigenvalue weighted by molar-refractivity contribution is -0.144. The van der Waals surface area contributed by atoms with Crippen molar-refractivity contribution in [3.63, 3.8) is 0 Å². The molecule has 6 heteroatoms. The molecule has 1 aromatic heterocycles. The summed E-state index contributed by atoms with van der Waals surface area (Å²) in [5.41, 5.74) is 0.194. The van der Waals surface area contributed by atoms with Crippen LogP contribution in [0.3, 0.4) is 0 Å². The van der Waals surface area contributed by atoms with Crippen molar-refractivity contribution in [3.05, 3.63) is 24.3 Å². The number of carboxylic acids is 1. The molecule has 0 aliphatic carbocycles. The van der Waals surface area contributed by atoms with Gasteiger partial charge < -0.3 is 10.4 Å². The van der Waals surface area contributed by atoms with Crippen molar-refractivity contribution in [2.24, 2.45) is 0 Å². The van der Waals surface area contributed by atoms with Crippen LogP contribution in [0.1, 0.15) is 19.8 Å². The molecule has 1 heterocycles. The van der Waals surface area contributed by atoms with Crippen LogP contribution in [0.2, 0.25) is 0 Å². The van der Waals surface area contributed by atoms with Crippen LogP contribution in [0.25, 0.3) is 10.2 Å². The molecule has 1 aromatic carbocycles. The number of thioether (sulfide) groups is 1. The maximum atomic E-state index is 11.2. The highest BCUT2D eigenvalue weighted by atomic mass is 32.2. The monoisotopic (exact) mass is 310 g/mol. The van der Waals surface area contributed by atoms with Crippen LogP contribution in [0.4, 0.5) is 0 Å². The molecule has 20 heavy (non-hydrogen) atoms. The molecule has 0 aliphatic heterocycles. The van der Waals surface area contributed by atoms with Gasteiger partial charge in [0.1, 0.15) is 5.54 Å². The first-order valence-corrected chi connectivity index (χ1v) is 8.26. The van der Waals surface area contributed by atoms with Crippen molar-refractivity contribution in [2.45, 2.75) is 29.6 Å². The van der Waals surface area contributed by atoms with Gasteiger partial charge in [0.25, 0.3) is 0 Å². The van der Waals surface area contributed by atoms with Gasteiger partial charge in [0.2, 0.25) is 0 Å². The molecule has 1 unspecified atom stereocenters. The van der Waals surface area contributed by atoms with Crippen LogP contribution in [0.15, 0.2) is 28.6 Å². The van der Waals surface area contributed by atoms with Crippen LogP contribution in [-0.2, 0) is 4.79 Å². The number of benzene rings is 1. The van der Waals surface area contributed by atoms with Gasteiger partial charge >= 0.3 is 5.97 Å². The normalized spacial score (nSPS) is 14.3. The summed E-state index contributed by atoms with van der Waals surface area (Å²) in [6.45, 7) is 1.72. The molecule has 0 aliphatic rings. The van der Waals surface area contributed by atoms with Gasteiger partial charge in [-0.25, -0.2) is 4.98 Å². The predicted molar refractivity (Wildman–Crippen MR) is 84.7 cm³/mol. The van der Waals surface area contributed by atoms with Gasteiger partial charge in [0.05, 0.1) is 10.2 Å². The number of thiazole rings is 1. The van der Waals surface area contributed by atoms with Crippen LogP contribution in [0.5, 0.6) is 0 Å². The van der Waals surface area contributed by atoms with Gasteiger partial charge in [0.15, 0.2) is 4.34 Å². The average Bonchev–Trinajstić information content (AvgIpc) is 2.85. The van der Waals surface area contributed by atoms with E-state index in [4.69, 9.17) is 5.11 Å². The summed E-state index contributed by atoms with van der Waals surface area (Å²) in [5, 5.41) is 12.0. The summed E-state index contributed by atoms with van der Waals surface area (Å²) in [6.07, 6.45) is 1.45. The maximum Gasteiger partial charge on any atom is 0.323 e. The fraction of sp³-hybridized carbons (Fsp3) is 0.429. The molecule has 2 rings (SSSR count). The number of hydrogen-bond donors (Lipinski definition) is 2. The standard InChI is InChI=1S/C14H18N2O2S2/c1-14(15-2,12(17)18)8-5-9-19-13-16-10-6-3-4-7-11(10)20-13/h3-4,6-7,15H,5,8-9H2,1-2H3,(H,17,18). The van der Waals surface area contributed by atoms with E-state index in [0.717, 1.165) is 22.0 Å². The number of aliphatic carboxylic acids is 1. The quantitative estimate of drug-likeness (QED) is 0.607. The summed E-state index contributed by atoms with van der Waals surface area (Å²) >= 11 is 3.38. The molecular weight excluding hydrogens is 292 g/mol. The lowest BCUT2D eigenvalue weighted by atomic mass is 9.97. The number of carboxylic acid groups (broad SMARTS) is 1. The van der Waals surface area contributed by atoms with Gasteiger partial charge in [-0.1, -0.05) is 23.9 Å². The highest BCUT2D eigenvalue weighted by Gasteiger charge is 2.30. The number of hydrogen-bond acceptors (Lipinski definition) is 5. The maximum absolute atomic E-state index is 11.2. The largest absolute Gasteiger partial charge is 0.480 e. The Morgan fingerprint density at radius 1 is 1.50 bits per heavy atom. The first-order valence-electron chi connectivity index (χ1n) is 6.46. The second-order valence-corrected chi connectivity index (χ2v) is 7.16. The molecule has 0 spiro atoms. The summed E-state index contributed by atoms with van der Waals surface area (Å²) < 4.78 is 2.24. The SMILES string of the molecule is CNC(C)(CCCSc1nc2ccccc2s1)C(=O)O. The summed E-state index contributed by atoms with van der Waals surface area (Å²) in [5.74, 6) is 0.0784.